The molecule has 1 aromatic heterocycles. The minimum atomic E-state index is -0.147. The zero-order valence-electron chi connectivity index (χ0n) is 9.05. The van der Waals surface area contributed by atoms with Crippen molar-refractivity contribution in [3.05, 3.63) is 21.7 Å². The highest BCUT2D eigenvalue weighted by Gasteiger charge is 2.16. The average Bonchev–Trinajstić information content (AvgIpc) is 2.19. The van der Waals surface area contributed by atoms with Crippen LogP contribution in [0.5, 0.6) is 0 Å². The van der Waals surface area contributed by atoms with Gasteiger partial charge in [0, 0.05) is 12.7 Å². The van der Waals surface area contributed by atoms with Crippen molar-refractivity contribution in [2.45, 2.75) is 32.8 Å². The first kappa shape index (κ1) is 12.7. The maximum absolute atomic E-state index is 6.00. The Balaban J connectivity index is 3.12. The lowest BCUT2D eigenvalue weighted by atomic mass is 10.2. The summed E-state index contributed by atoms with van der Waals surface area (Å²) in [5.74, 6) is 0.548. The van der Waals surface area contributed by atoms with Crippen LogP contribution in [-0.4, -0.2) is 17.1 Å². The Hall–Kier alpha value is -0.380. The van der Waals surface area contributed by atoms with Crippen molar-refractivity contribution in [3.63, 3.8) is 0 Å². The van der Waals surface area contributed by atoms with E-state index in [-0.39, 0.29) is 6.10 Å². The number of hydrogen-bond donors (Lipinski definition) is 0. The van der Waals surface area contributed by atoms with Crippen LogP contribution in [0.4, 0.5) is 0 Å². The van der Waals surface area contributed by atoms with Crippen molar-refractivity contribution in [1.29, 1.82) is 0 Å². The van der Waals surface area contributed by atoms with Gasteiger partial charge < -0.3 is 4.74 Å². The fourth-order valence-electron chi connectivity index (χ4n) is 1.34. The minimum absolute atomic E-state index is 0.147. The maximum Gasteiger partial charge on any atom is 0.160 e. The lowest BCUT2D eigenvalue weighted by Gasteiger charge is -2.13. The van der Waals surface area contributed by atoms with Crippen LogP contribution in [0.15, 0.2) is 0 Å². The molecule has 1 aromatic rings. The number of ether oxygens (including phenoxy) is 1. The molecule has 0 aromatic carbocycles. The second-order valence-corrected chi connectivity index (χ2v) is 3.84. The summed E-state index contributed by atoms with van der Waals surface area (Å²) >= 11 is 12.0. The minimum Gasteiger partial charge on any atom is -0.373 e. The molecule has 0 aliphatic heterocycles. The van der Waals surface area contributed by atoms with E-state index in [1.807, 2.05) is 13.8 Å². The predicted octanol–water partition coefficient (Wildman–Crippen LogP) is 3.44. The second-order valence-electron chi connectivity index (χ2n) is 3.13. The lowest BCUT2D eigenvalue weighted by molar-refractivity contribution is 0.0925. The molecule has 5 heteroatoms. The monoisotopic (exact) mass is 248 g/mol. The van der Waals surface area contributed by atoms with E-state index >= 15 is 0 Å². The summed E-state index contributed by atoms with van der Waals surface area (Å²) in [7, 11) is 1.62. The number of methoxy groups -OCH3 is 1. The van der Waals surface area contributed by atoms with Crippen molar-refractivity contribution in [1.82, 2.24) is 9.97 Å². The molecule has 1 rings (SSSR count). The van der Waals surface area contributed by atoms with Crippen LogP contribution >= 0.6 is 23.2 Å². The van der Waals surface area contributed by atoms with E-state index in [2.05, 4.69) is 9.97 Å². The fraction of sp³-hybridized carbons (Fsp3) is 0.600. The highest BCUT2D eigenvalue weighted by atomic mass is 35.5. The predicted molar refractivity (Wildman–Crippen MR) is 61.5 cm³/mol. The quantitative estimate of drug-likeness (QED) is 0.766. The van der Waals surface area contributed by atoms with E-state index in [0.29, 0.717) is 16.1 Å². The zero-order valence-corrected chi connectivity index (χ0v) is 10.6. The number of halogens is 2. The fourth-order valence-corrected chi connectivity index (χ4v) is 2.00. The Bertz CT molecular complexity index is 317. The third kappa shape index (κ3) is 2.80. The van der Waals surface area contributed by atoms with Gasteiger partial charge in [0.2, 0.25) is 0 Å². The van der Waals surface area contributed by atoms with Gasteiger partial charge in [0.25, 0.3) is 0 Å². The topological polar surface area (TPSA) is 35.0 Å². The molecule has 1 heterocycles. The molecule has 0 radical (unpaired) electrons. The van der Waals surface area contributed by atoms with Crippen molar-refractivity contribution in [2.75, 3.05) is 7.11 Å². The molecular weight excluding hydrogens is 235 g/mol. The second kappa shape index (κ2) is 5.64. The highest BCUT2D eigenvalue weighted by molar-refractivity contribution is 6.34. The lowest BCUT2D eigenvalue weighted by Crippen LogP contribution is -2.07. The zero-order chi connectivity index (χ0) is 11.4. The van der Waals surface area contributed by atoms with Gasteiger partial charge in [-0.1, -0.05) is 37.0 Å². The molecule has 1 atom stereocenters. The van der Waals surface area contributed by atoms with Gasteiger partial charge in [-0.05, 0) is 12.8 Å². The third-order valence-electron chi connectivity index (χ3n) is 2.22. The number of rotatable bonds is 4. The van der Waals surface area contributed by atoms with Gasteiger partial charge in [0.15, 0.2) is 5.82 Å². The SMILES string of the molecule is CCc1c(Cl)nc(C(CC)OC)nc1Cl. The average molecular weight is 249 g/mol. The molecule has 3 nitrogen and oxygen atoms in total. The summed E-state index contributed by atoms with van der Waals surface area (Å²) in [5, 5.41) is 0.839. The first-order valence-corrected chi connectivity index (χ1v) is 5.64. The van der Waals surface area contributed by atoms with E-state index in [9.17, 15) is 0 Å². The van der Waals surface area contributed by atoms with E-state index in [1.54, 1.807) is 7.11 Å². The summed E-state index contributed by atoms with van der Waals surface area (Å²) in [6, 6.07) is 0. The molecule has 0 fully saturated rings. The molecule has 0 saturated heterocycles. The Morgan fingerprint density at radius 3 is 2.07 bits per heavy atom. The van der Waals surface area contributed by atoms with Crippen LogP contribution < -0.4 is 0 Å². The van der Waals surface area contributed by atoms with Gasteiger partial charge in [-0.25, -0.2) is 9.97 Å². The van der Waals surface area contributed by atoms with Crippen LogP contribution in [0.1, 0.15) is 37.8 Å². The molecule has 0 aliphatic rings. The molecule has 0 spiro atoms. The van der Waals surface area contributed by atoms with E-state index in [1.165, 1.54) is 0 Å². The molecule has 84 valence electrons. The van der Waals surface area contributed by atoms with Crippen LogP contribution in [0.3, 0.4) is 0 Å². The molecule has 0 aliphatic carbocycles. The molecular formula is C10H14Cl2N2O. The van der Waals surface area contributed by atoms with Crippen molar-refractivity contribution < 1.29 is 4.74 Å². The summed E-state index contributed by atoms with van der Waals surface area (Å²) in [4.78, 5) is 8.38. The third-order valence-corrected chi connectivity index (χ3v) is 2.85. The van der Waals surface area contributed by atoms with Crippen LogP contribution in [0, 0.1) is 0 Å². The van der Waals surface area contributed by atoms with Crippen molar-refractivity contribution in [3.8, 4) is 0 Å². The smallest absolute Gasteiger partial charge is 0.160 e. The van der Waals surface area contributed by atoms with Crippen molar-refractivity contribution in [2.24, 2.45) is 0 Å². The Kier molecular flexibility index (Phi) is 4.77. The molecule has 0 bridgehead atoms. The molecule has 0 N–H and O–H groups in total. The number of hydrogen-bond acceptors (Lipinski definition) is 3. The molecule has 1 unspecified atom stereocenters. The number of nitrogens with zero attached hydrogens (tertiary/aromatic N) is 2. The standard InChI is InChI=1S/C10H14Cl2N2O/c1-4-6-8(11)13-10(14-9(6)12)7(5-2)15-3/h7H,4-5H2,1-3H3. The summed E-state index contributed by atoms with van der Waals surface area (Å²) in [5.41, 5.74) is 0.785. The van der Waals surface area contributed by atoms with Crippen LogP contribution in [-0.2, 0) is 11.2 Å². The van der Waals surface area contributed by atoms with E-state index in [0.717, 1.165) is 18.4 Å². The summed E-state index contributed by atoms with van der Waals surface area (Å²) < 4.78 is 5.23. The van der Waals surface area contributed by atoms with Gasteiger partial charge in [-0.15, -0.1) is 0 Å². The molecule has 0 amide bonds. The van der Waals surface area contributed by atoms with Gasteiger partial charge in [-0.3, -0.25) is 0 Å². The van der Waals surface area contributed by atoms with Crippen LogP contribution in [0.2, 0.25) is 10.3 Å². The van der Waals surface area contributed by atoms with Gasteiger partial charge in [0.1, 0.15) is 16.4 Å². The summed E-state index contributed by atoms with van der Waals surface area (Å²) in [6.45, 7) is 3.96. The summed E-state index contributed by atoms with van der Waals surface area (Å²) in [6.07, 6.45) is 1.36. The Labute approximate surface area is 99.8 Å². The molecule has 15 heavy (non-hydrogen) atoms. The highest BCUT2D eigenvalue weighted by Crippen LogP contribution is 2.25. The van der Waals surface area contributed by atoms with Gasteiger partial charge in [0.05, 0.1) is 0 Å². The first-order chi connectivity index (χ1) is 7.13. The largest absolute Gasteiger partial charge is 0.373 e. The van der Waals surface area contributed by atoms with Gasteiger partial charge in [-0.2, -0.15) is 0 Å². The van der Waals surface area contributed by atoms with Crippen molar-refractivity contribution >= 4 is 23.2 Å². The Morgan fingerprint density at radius 2 is 1.73 bits per heavy atom. The Morgan fingerprint density at radius 1 is 1.20 bits per heavy atom. The first-order valence-electron chi connectivity index (χ1n) is 4.88. The normalized spacial score (nSPS) is 12.9. The van der Waals surface area contributed by atoms with Gasteiger partial charge >= 0.3 is 0 Å². The van der Waals surface area contributed by atoms with Crippen LogP contribution in [0.25, 0.3) is 0 Å². The van der Waals surface area contributed by atoms with E-state index in [4.69, 9.17) is 27.9 Å². The van der Waals surface area contributed by atoms with E-state index < -0.39 is 0 Å². The molecule has 0 saturated carbocycles. The number of aromatic nitrogens is 2. The maximum atomic E-state index is 6.00.